The number of rotatable bonds is 6. The van der Waals surface area contributed by atoms with Crippen molar-refractivity contribution in [2.75, 3.05) is 23.8 Å². The summed E-state index contributed by atoms with van der Waals surface area (Å²) in [7, 11) is 0. The summed E-state index contributed by atoms with van der Waals surface area (Å²) in [5.41, 5.74) is 0.354. The van der Waals surface area contributed by atoms with Crippen LogP contribution in [0.4, 0.5) is 33.7 Å². The molecular formula is C17H15F4N3O3. The molecule has 6 nitrogen and oxygen atoms in total. The number of carbonyl (C=O) groups excluding carboxylic acids is 2. The van der Waals surface area contributed by atoms with E-state index in [0.717, 1.165) is 12.1 Å². The number of urea groups is 1. The first kappa shape index (κ1) is 20.0. The van der Waals surface area contributed by atoms with E-state index < -0.39 is 37.1 Å². The number of para-hydroxylation sites is 2. The summed E-state index contributed by atoms with van der Waals surface area (Å²) in [6.07, 6.45) is -4.52. The molecule has 0 aliphatic rings. The number of nitrogens with one attached hydrogen (secondary N) is 3. The fourth-order valence-electron chi connectivity index (χ4n) is 1.92. The van der Waals surface area contributed by atoms with Crippen LogP contribution in [0.25, 0.3) is 0 Å². The van der Waals surface area contributed by atoms with Gasteiger partial charge in [0.1, 0.15) is 11.6 Å². The second kappa shape index (κ2) is 8.88. The van der Waals surface area contributed by atoms with Crippen LogP contribution in [0, 0.1) is 5.82 Å². The molecule has 0 radical (unpaired) electrons. The van der Waals surface area contributed by atoms with Crippen molar-refractivity contribution in [3.63, 3.8) is 0 Å². The van der Waals surface area contributed by atoms with Crippen molar-refractivity contribution >= 4 is 23.3 Å². The maximum atomic E-state index is 12.8. The molecule has 27 heavy (non-hydrogen) atoms. The van der Waals surface area contributed by atoms with Crippen molar-refractivity contribution in [3.8, 4) is 5.75 Å². The van der Waals surface area contributed by atoms with E-state index in [1.807, 2.05) is 0 Å². The zero-order valence-electron chi connectivity index (χ0n) is 13.8. The lowest BCUT2D eigenvalue weighted by atomic mass is 10.3. The quantitative estimate of drug-likeness (QED) is 0.666. The van der Waals surface area contributed by atoms with Gasteiger partial charge in [0, 0.05) is 5.69 Å². The zero-order chi connectivity index (χ0) is 19.9. The summed E-state index contributed by atoms with van der Waals surface area (Å²) < 4.78 is 54.2. The number of anilines is 2. The maximum Gasteiger partial charge on any atom is 0.422 e. The third-order valence-corrected chi connectivity index (χ3v) is 3.06. The van der Waals surface area contributed by atoms with Gasteiger partial charge in [-0.25, -0.2) is 9.18 Å². The minimum absolute atomic E-state index is 0.0122. The van der Waals surface area contributed by atoms with Crippen LogP contribution in [0.2, 0.25) is 0 Å². The van der Waals surface area contributed by atoms with E-state index in [2.05, 4.69) is 20.7 Å². The molecule has 0 aromatic heterocycles. The predicted molar refractivity (Wildman–Crippen MR) is 90.0 cm³/mol. The lowest BCUT2D eigenvalue weighted by Crippen LogP contribution is -2.35. The van der Waals surface area contributed by atoms with E-state index in [4.69, 9.17) is 0 Å². The Morgan fingerprint density at radius 2 is 1.63 bits per heavy atom. The molecule has 0 saturated heterocycles. The average molecular weight is 385 g/mol. The SMILES string of the molecule is O=C(CNC(=O)Nc1ccccc1OCC(F)(F)F)Nc1ccc(F)cc1. The summed E-state index contributed by atoms with van der Waals surface area (Å²) in [5.74, 6) is -1.20. The van der Waals surface area contributed by atoms with Gasteiger partial charge < -0.3 is 20.7 Å². The number of halogens is 4. The zero-order valence-corrected chi connectivity index (χ0v) is 13.8. The molecule has 144 valence electrons. The van der Waals surface area contributed by atoms with Crippen LogP contribution in [0.3, 0.4) is 0 Å². The van der Waals surface area contributed by atoms with Gasteiger partial charge in [0.2, 0.25) is 5.91 Å². The monoisotopic (exact) mass is 385 g/mol. The third-order valence-electron chi connectivity index (χ3n) is 3.06. The maximum absolute atomic E-state index is 12.8. The molecule has 3 N–H and O–H groups in total. The lowest BCUT2D eigenvalue weighted by Gasteiger charge is -2.14. The molecule has 0 atom stereocenters. The highest BCUT2D eigenvalue weighted by Gasteiger charge is 2.28. The van der Waals surface area contributed by atoms with E-state index in [1.54, 1.807) is 0 Å². The van der Waals surface area contributed by atoms with Crippen LogP contribution in [0.5, 0.6) is 5.75 Å². The standard InChI is InChI=1S/C17H15F4N3O3/c18-11-5-7-12(8-6-11)23-15(25)9-22-16(26)24-13-3-1-2-4-14(13)27-10-17(19,20)21/h1-8H,9-10H2,(H,23,25)(H2,22,24,26). The van der Waals surface area contributed by atoms with E-state index in [-0.39, 0.29) is 11.4 Å². The molecule has 0 aliphatic carbocycles. The van der Waals surface area contributed by atoms with Crippen molar-refractivity contribution in [2.24, 2.45) is 0 Å². The number of amides is 3. The molecule has 0 aliphatic heterocycles. The molecule has 2 aromatic rings. The summed E-state index contributed by atoms with van der Waals surface area (Å²) >= 11 is 0. The van der Waals surface area contributed by atoms with Gasteiger partial charge in [-0.15, -0.1) is 0 Å². The van der Waals surface area contributed by atoms with Crippen molar-refractivity contribution in [1.82, 2.24) is 5.32 Å². The van der Waals surface area contributed by atoms with Crippen molar-refractivity contribution in [1.29, 1.82) is 0 Å². The fraction of sp³-hybridized carbons (Fsp3) is 0.176. The summed E-state index contributed by atoms with van der Waals surface area (Å²) in [4.78, 5) is 23.6. The molecule has 10 heteroatoms. The van der Waals surface area contributed by atoms with E-state index in [1.165, 1.54) is 36.4 Å². The highest BCUT2D eigenvalue weighted by atomic mass is 19.4. The van der Waals surface area contributed by atoms with Gasteiger partial charge in [-0.05, 0) is 36.4 Å². The molecule has 0 saturated carbocycles. The van der Waals surface area contributed by atoms with E-state index in [0.29, 0.717) is 5.69 Å². The Morgan fingerprint density at radius 3 is 2.30 bits per heavy atom. The predicted octanol–water partition coefficient (Wildman–Crippen LogP) is 3.53. The number of alkyl halides is 3. The van der Waals surface area contributed by atoms with Crippen LogP contribution < -0.4 is 20.7 Å². The molecule has 2 aromatic carbocycles. The molecule has 0 bridgehead atoms. The first-order chi connectivity index (χ1) is 12.7. The highest BCUT2D eigenvalue weighted by Crippen LogP contribution is 2.26. The Labute approximate surface area is 151 Å². The van der Waals surface area contributed by atoms with Crippen LogP contribution >= 0.6 is 0 Å². The highest BCUT2D eigenvalue weighted by molar-refractivity contribution is 5.97. The van der Waals surface area contributed by atoms with Gasteiger partial charge in [0.05, 0.1) is 12.2 Å². The molecule has 0 spiro atoms. The Morgan fingerprint density at radius 1 is 0.963 bits per heavy atom. The minimum Gasteiger partial charge on any atom is -0.482 e. The van der Waals surface area contributed by atoms with E-state index >= 15 is 0 Å². The fourth-order valence-corrected chi connectivity index (χ4v) is 1.92. The van der Waals surface area contributed by atoms with Crippen LogP contribution in [-0.4, -0.2) is 31.3 Å². The molecule has 0 unspecified atom stereocenters. The van der Waals surface area contributed by atoms with Gasteiger partial charge >= 0.3 is 12.2 Å². The number of carbonyl (C=O) groups is 2. The topological polar surface area (TPSA) is 79.5 Å². The van der Waals surface area contributed by atoms with Gasteiger partial charge in [0.15, 0.2) is 6.61 Å². The average Bonchev–Trinajstić information content (AvgIpc) is 2.60. The van der Waals surface area contributed by atoms with Crippen molar-refractivity contribution in [2.45, 2.75) is 6.18 Å². The number of ether oxygens (including phenoxy) is 1. The normalized spacial score (nSPS) is 10.8. The largest absolute Gasteiger partial charge is 0.482 e. The Hall–Kier alpha value is -3.30. The summed E-state index contributed by atoms with van der Waals surface area (Å²) in [5, 5.41) is 6.99. The molecule has 0 fully saturated rings. The molecule has 2 rings (SSSR count). The van der Waals surface area contributed by atoms with Gasteiger partial charge in [-0.2, -0.15) is 13.2 Å². The van der Waals surface area contributed by atoms with Gasteiger partial charge in [-0.3, -0.25) is 4.79 Å². The molecule has 3 amide bonds. The number of hydrogen-bond donors (Lipinski definition) is 3. The Kier molecular flexibility index (Phi) is 6.58. The first-order valence-electron chi connectivity index (χ1n) is 7.62. The minimum atomic E-state index is -4.52. The van der Waals surface area contributed by atoms with Crippen LogP contribution in [0.1, 0.15) is 0 Å². The molecular weight excluding hydrogens is 370 g/mol. The van der Waals surface area contributed by atoms with Gasteiger partial charge in [-0.1, -0.05) is 12.1 Å². The van der Waals surface area contributed by atoms with Crippen molar-refractivity contribution < 1.29 is 31.9 Å². The first-order valence-corrected chi connectivity index (χ1v) is 7.62. The summed E-state index contributed by atoms with van der Waals surface area (Å²) in [6, 6.07) is 9.77. The van der Waals surface area contributed by atoms with E-state index in [9.17, 15) is 27.2 Å². The van der Waals surface area contributed by atoms with Crippen LogP contribution in [-0.2, 0) is 4.79 Å². The van der Waals surface area contributed by atoms with Crippen LogP contribution in [0.15, 0.2) is 48.5 Å². The number of hydrogen-bond acceptors (Lipinski definition) is 3. The lowest BCUT2D eigenvalue weighted by molar-refractivity contribution is -0.153. The van der Waals surface area contributed by atoms with Gasteiger partial charge in [0.25, 0.3) is 0 Å². The second-order valence-corrected chi connectivity index (χ2v) is 5.26. The second-order valence-electron chi connectivity index (χ2n) is 5.26. The Balaban J connectivity index is 1.85. The van der Waals surface area contributed by atoms with Crippen molar-refractivity contribution in [3.05, 3.63) is 54.3 Å². The third kappa shape index (κ3) is 7.22. The summed E-state index contributed by atoms with van der Waals surface area (Å²) in [6.45, 7) is -1.91. The smallest absolute Gasteiger partial charge is 0.422 e. The Bertz CT molecular complexity index is 795. The molecule has 0 heterocycles. The number of benzene rings is 2.